The Morgan fingerprint density at radius 3 is 2.28 bits per heavy atom. The van der Waals surface area contributed by atoms with Crippen LogP contribution in [0.15, 0.2) is 35.2 Å². The number of carbonyl (C=O) groups is 1. The highest BCUT2D eigenvalue weighted by atomic mass is 35.5. The number of rotatable bonds is 5. The zero-order valence-electron chi connectivity index (χ0n) is 13.7. The number of methoxy groups -OCH3 is 1. The molecule has 0 fully saturated rings. The van der Waals surface area contributed by atoms with E-state index in [0.29, 0.717) is 16.9 Å². The number of halogens is 2. The molecule has 0 aliphatic carbocycles. The van der Waals surface area contributed by atoms with E-state index < -0.39 is 15.9 Å². The van der Waals surface area contributed by atoms with E-state index in [2.05, 4.69) is 5.43 Å². The molecule has 0 radical (unpaired) electrons. The summed E-state index contributed by atoms with van der Waals surface area (Å²) in [5.74, 6) is -0.0484. The Balaban J connectivity index is 2.23. The van der Waals surface area contributed by atoms with Crippen LogP contribution in [0, 0.1) is 13.8 Å². The van der Waals surface area contributed by atoms with Crippen molar-refractivity contribution < 1.29 is 17.9 Å². The number of carbonyl (C=O) groups excluding carboxylic acids is 1. The Kier molecular flexibility index (Phi) is 5.95. The van der Waals surface area contributed by atoms with Gasteiger partial charge in [0.2, 0.25) is 0 Å². The van der Waals surface area contributed by atoms with Crippen molar-refractivity contribution >= 4 is 39.1 Å². The van der Waals surface area contributed by atoms with Gasteiger partial charge in [-0.15, -0.1) is 4.83 Å². The second-order valence-electron chi connectivity index (χ2n) is 5.23. The minimum absolute atomic E-state index is 0.0492. The van der Waals surface area contributed by atoms with Crippen molar-refractivity contribution in [1.82, 2.24) is 10.3 Å². The zero-order chi connectivity index (χ0) is 18.8. The van der Waals surface area contributed by atoms with Crippen molar-refractivity contribution in [2.45, 2.75) is 18.7 Å². The number of benzene rings is 2. The quantitative estimate of drug-likeness (QED) is 0.751. The third-order valence-corrected chi connectivity index (χ3v) is 5.92. The molecule has 0 unspecified atom stereocenters. The van der Waals surface area contributed by atoms with E-state index in [1.807, 2.05) is 4.83 Å². The molecule has 0 atom stereocenters. The number of hydrogen-bond acceptors (Lipinski definition) is 4. The molecule has 25 heavy (non-hydrogen) atoms. The van der Waals surface area contributed by atoms with Gasteiger partial charge in [-0.1, -0.05) is 23.2 Å². The molecule has 134 valence electrons. The van der Waals surface area contributed by atoms with Crippen molar-refractivity contribution in [2.24, 2.45) is 0 Å². The van der Waals surface area contributed by atoms with E-state index in [0.717, 1.165) is 0 Å². The molecular weight excluding hydrogens is 387 g/mol. The minimum Gasteiger partial charge on any atom is -0.497 e. The van der Waals surface area contributed by atoms with Gasteiger partial charge in [0.25, 0.3) is 15.9 Å². The number of nitrogens with one attached hydrogen (secondary N) is 2. The van der Waals surface area contributed by atoms with Crippen LogP contribution in [-0.4, -0.2) is 21.4 Å². The summed E-state index contributed by atoms with van der Waals surface area (Å²) in [6, 6.07) is 7.76. The summed E-state index contributed by atoms with van der Waals surface area (Å²) in [7, 11) is -2.60. The van der Waals surface area contributed by atoms with Crippen molar-refractivity contribution in [3.8, 4) is 5.75 Å². The van der Waals surface area contributed by atoms with Crippen molar-refractivity contribution in [3.05, 3.63) is 57.1 Å². The number of sulfonamides is 1. The van der Waals surface area contributed by atoms with Crippen molar-refractivity contribution in [2.75, 3.05) is 7.11 Å². The molecule has 2 N–H and O–H groups in total. The van der Waals surface area contributed by atoms with E-state index in [-0.39, 0.29) is 20.5 Å². The van der Waals surface area contributed by atoms with Crippen LogP contribution in [0.2, 0.25) is 10.0 Å². The van der Waals surface area contributed by atoms with Crippen LogP contribution < -0.4 is 15.0 Å². The molecule has 9 heteroatoms. The van der Waals surface area contributed by atoms with Gasteiger partial charge in [0.05, 0.1) is 12.1 Å². The highest BCUT2D eigenvalue weighted by Crippen LogP contribution is 2.33. The molecule has 2 rings (SSSR count). The fraction of sp³-hybridized carbons (Fsp3) is 0.188. The van der Waals surface area contributed by atoms with Crippen LogP contribution in [0.1, 0.15) is 21.5 Å². The Bertz CT molecular complexity index is 886. The molecule has 0 aliphatic rings. The highest BCUT2D eigenvalue weighted by Gasteiger charge is 2.24. The van der Waals surface area contributed by atoms with Crippen LogP contribution in [-0.2, 0) is 10.0 Å². The first-order valence-electron chi connectivity index (χ1n) is 7.08. The maximum Gasteiger partial charge on any atom is 0.266 e. The Labute approximate surface area is 156 Å². The number of amides is 1. The molecule has 1 amide bonds. The fourth-order valence-corrected chi connectivity index (χ4v) is 4.17. The number of aryl methyl sites for hydroxylation is 1. The largest absolute Gasteiger partial charge is 0.497 e. The third kappa shape index (κ3) is 4.24. The smallest absolute Gasteiger partial charge is 0.266 e. The zero-order valence-corrected chi connectivity index (χ0v) is 16.0. The van der Waals surface area contributed by atoms with E-state index >= 15 is 0 Å². The Morgan fingerprint density at radius 1 is 1.12 bits per heavy atom. The maximum absolute atomic E-state index is 12.5. The molecule has 0 bridgehead atoms. The van der Waals surface area contributed by atoms with Gasteiger partial charge in [-0.3, -0.25) is 10.2 Å². The molecule has 0 aromatic heterocycles. The predicted molar refractivity (Wildman–Crippen MR) is 96.7 cm³/mol. The van der Waals surface area contributed by atoms with Gasteiger partial charge in [-0.25, -0.2) is 8.42 Å². The van der Waals surface area contributed by atoms with E-state index in [1.165, 1.54) is 26.2 Å². The van der Waals surface area contributed by atoms with Gasteiger partial charge in [0, 0.05) is 10.6 Å². The van der Waals surface area contributed by atoms with Gasteiger partial charge in [0.15, 0.2) is 0 Å². The molecule has 0 saturated carbocycles. The summed E-state index contributed by atoms with van der Waals surface area (Å²) in [6.07, 6.45) is 0. The topological polar surface area (TPSA) is 84.5 Å². The second kappa shape index (κ2) is 7.61. The summed E-state index contributed by atoms with van der Waals surface area (Å²) in [6.45, 7) is 3.18. The molecule has 6 nitrogen and oxygen atoms in total. The van der Waals surface area contributed by atoms with Crippen LogP contribution in [0.5, 0.6) is 5.75 Å². The van der Waals surface area contributed by atoms with Gasteiger partial charge in [0.1, 0.15) is 10.6 Å². The first kappa shape index (κ1) is 19.5. The van der Waals surface area contributed by atoms with Gasteiger partial charge >= 0.3 is 0 Å². The molecular formula is C16H16Cl2N2O4S. The summed E-state index contributed by atoms with van der Waals surface area (Å²) in [5, 5.41) is 0.317. The lowest BCUT2D eigenvalue weighted by molar-refractivity contribution is 0.0945. The van der Waals surface area contributed by atoms with E-state index in [9.17, 15) is 13.2 Å². The molecule has 0 aliphatic heterocycles. The summed E-state index contributed by atoms with van der Waals surface area (Å²) >= 11 is 12.2. The van der Waals surface area contributed by atoms with Crippen molar-refractivity contribution in [1.29, 1.82) is 0 Å². The van der Waals surface area contributed by atoms with Gasteiger partial charge in [-0.05, 0) is 55.3 Å². The normalized spacial score (nSPS) is 11.2. The molecule has 0 saturated heterocycles. The Morgan fingerprint density at radius 2 is 1.72 bits per heavy atom. The van der Waals surface area contributed by atoms with Gasteiger partial charge in [-0.2, -0.15) is 0 Å². The van der Waals surface area contributed by atoms with Crippen LogP contribution in [0.4, 0.5) is 0 Å². The van der Waals surface area contributed by atoms with E-state index in [1.54, 1.807) is 25.1 Å². The molecule has 0 heterocycles. The average Bonchev–Trinajstić information content (AvgIpc) is 2.58. The second-order valence-corrected chi connectivity index (χ2v) is 7.64. The molecule has 2 aromatic rings. The number of hydrogen-bond donors (Lipinski definition) is 2. The lowest BCUT2D eigenvalue weighted by Crippen LogP contribution is -2.41. The first-order valence-corrected chi connectivity index (χ1v) is 9.32. The highest BCUT2D eigenvalue weighted by molar-refractivity contribution is 7.89. The molecule has 2 aromatic carbocycles. The van der Waals surface area contributed by atoms with Crippen LogP contribution in [0.25, 0.3) is 0 Å². The predicted octanol–water partition coefficient (Wildman–Crippen LogP) is 3.24. The first-order chi connectivity index (χ1) is 11.7. The van der Waals surface area contributed by atoms with Gasteiger partial charge < -0.3 is 4.74 Å². The average molecular weight is 403 g/mol. The van der Waals surface area contributed by atoms with Crippen molar-refractivity contribution in [3.63, 3.8) is 0 Å². The van der Waals surface area contributed by atoms with Crippen LogP contribution in [0.3, 0.4) is 0 Å². The number of ether oxygens (including phenoxy) is 1. The standard InChI is InChI=1S/C16H16Cl2N2O4S/c1-9-8-13(17)10(2)15(14(9)18)25(22,23)20-19-16(21)11-4-6-12(24-3)7-5-11/h4-8,20H,1-3H3,(H,19,21). The number of hydrazine groups is 1. The van der Waals surface area contributed by atoms with Crippen LogP contribution >= 0.6 is 23.2 Å². The lowest BCUT2D eigenvalue weighted by atomic mass is 10.2. The fourth-order valence-electron chi connectivity index (χ4n) is 2.11. The summed E-state index contributed by atoms with van der Waals surface area (Å²) < 4.78 is 30.1. The monoisotopic (exact) mass is 402 g/mol. The molecule has 0 spiro atoms. The summed E-state index contributed by atoms with van der Waals surface area (Å²) in [5.41, 5.74) is 3.22. The van der Waals surface area contributed by atoms with E-state index in [4.69, 9.17) is 27.9 Å². The Hall–Kier alpha value is -1.80. The SMILES string of the molecule is COc1ccc(C(=O)NNS(=O)(=O)c2c(C)c(Cl)cc(C)c2Cl)cc1. The lowest BCUT2D eigenvalue weighted by Gasteiger charge is -2.14. The third-order valence-electron chi connectivity index (χ3n) is 3.51. The minimum atomic E-state index is -4.11. The maximum atomic E-state index is 12.5. The summed E-state index contributed by atoms with van der Waals surface area (Å²) in [4.78, 5) is 14.0.